The van der Waals surface area contributed by atoms with Gasteiger partial charge in [0.15, 0.2) is 0 Å². The van der Waals surface area contributed by atoms with Crippen molar-refractivity contribution < 1.29 is 31.9 Å². The molecule has 3 aromatic rings. The number of hydrogen-bond acceptors (Lipinski definition) is 7. The molecule has 3 amide bonds. The lowest BCUT2D eigenvalue weighted by atomic mass is 9.93. The topological polar surface area (TPSA) is 120 Å². The van der Waals surface area contributed by atoms with E-state index >= 15 is 0 Å². The predicted octanol–water partition coefficient (Wildman–Crippen LogP) is 5.25. The first-order valence-electron chi connectivity index (χ1n) is 15.1. The van der Waals surface area contributed by atoms with Crippen molar-refractivity contribution in [3.63, 3.8) is 0 Å². The number of anilines is 3. The molecule has 4 heterocycles. The number of urea groups is 1. The van der Waals surface area contributed by atoms with Gasteiger partial charge in [-0.3, -0.25) is 9.69 Å². The van der Waals surface area contributed by atoms with Gasteiger partial charge < -0.3 is 30.9 Å². The summed E-state index contributed by atoms with van der Waals surface area (Å²) in [5, 5.41) is 9.26. The average molecular weight is 677 g/mol. The van der Waals surface area contributed by atoms with Crippen LogP contribution in [0.4, 0.5) is 39.4 Å². The summed E-state index contributed by atoms with van der Waals surface area (Å²) >= 11 is 6.44. The zero-order chi connectivity index (χ0) is 33.3. The molecule has 16 heteroatoms. The summed E-state index contributed by atoms with van der Waals surface area (Å²) in [5.74, 6) is -0.674. The van der Waals surface area contributed by atoms with Crippen molar-refractivity contribution in [1.82, 2.24) is 14.5 Å². The van der Waals surface area contributed by atoms with Gasteiger partial charge in [-0.2, -0.15) is 18.3 Å². The van der Waals surface area contributed by atoms with Crippen LogP contribution in [0.5, 0.6) is 0 Å². The fourth-order valence-corrected chi connectivity index (χ4v) is 6.21. The largest absolute Gasteiger partial charge is 0.416 e. The normalized spacial score (nSPS) is 19.1. The first kappa shape index (κ1) is 32.7. The standard InChI is InChI=1S/C31H33ClF4N8O3/c32-22-16-21(2-4-24(22)39-30(46)40-25-15-20(31(34,35)36)1-3-23(25)33)43-18-38-44-26(5-6-27(44)29(43)37)19-7-9-42(10-8-19)28(45)17-41-11-13-47-14-12-41/h1-6,15-16,18-19,29H,7-14,17,37H2,(H2,39,40,46). The average Bonchev–Trinajstić information content (AvgIpc) is 3.48. The molecule has 3 aliphatic heterocycles. The van der Waals surface area contributed by atoms with E-state index in [1.54, 1.807) is 23.4 Å². The fraction of sp³-hybridized carbons (Fsp3) is 0.387. The van der Waals surface area contributed by atoms with E-state index in [9.17, 15) is 27.2 Å². The minimum Gasteiger partial charge on any atom is -0.379 e. The van der Waals surface area contributed by atoms with Gasteiger partial charge in [0.1, 0.15) is 18.3 Å². The Labute approximate surface area is 272 Å². The highest BCUT2D eigenvalue weighted by Gasteiger charge is 2.32. The van der Waals surface area contributed by atoms with Gasteiger partial charge in [-0.15, -0.1) is 0 Å². The maximum absolute atomic E-state index is 14.1. The summed E-state index contributed by atoms with van der Waals surface area (Å²) in [6, 6.07) is 9.37. The molecule has 3 aliphatic rings. The molecule has 0 aliphatic carbocycles. The van der Waals surface area contributed by atoms with Crippen molar-refractivity contribution in [1.29, 1.82) is 0 Å². The minimum absolute atomic E-state index is 0.110. The Balaban J connectivity index is 1.07. The molecule has 0 saturated carbocycles. The number of carbonyl (C=O) groups excluding carboxylic acids is 2. The number of nitrogens with zero attached hydrogens (tertiary/aromatic N) is 5. The van der Waals surface area contributed by atoms with E-state index < -0.39 is 35.4 Å². The third-order valence-electron chi connectivity index (χ3n) is 8.58. The van der Waals surface area contributed by atoms with Crippen molar-refractivity contribution in [2.24, 2.45) is 10.8 Å². The number of nitrogens with one attached hydrogen (secondary N) is 2. The van der Waals surface area contributed by atoms with E-state index in [0.717, 1.165) is 37.3 Å². The van der Waals surface area contributed by atoms with Gasteiger partial charge in [0, 0.05) is 43.5 Å². The number of halogens is 5. The highest BCUT2D eigenvalue weighted by molar-refractivity contribution is 6.34. The van der Waals surface area contributed by atoms with E-state index in [2.05, 4.69) is 20.6 Å². The van der Waals surface area contributed by atoms with Gasteiger partial charge in [-0.05, 0) is 61.4 Å². The molecule has 0 radical (unpaired) electrons. The van der Waals surface area contributed by atoms with Gasteiger partial charge in [0.25, 0.3) is 0 Å². The number of hydrogen-bond donors (Lipinski definition) is 3. The summed E-state index contributed by atoms with van der Waals surface area (Å²) in [6.07, 6.45) is -2.11. The third-order valence-corrected chi connectivity index (χ3v) is 8.89. The molecular weight excluding hydrogens is 644 g/mol. The summed E-state index contributed by atoms with van der Waals surface area (Å²) in [6.45, 7) is 4.60. The quantitative estimate of drug-likeness (QED) is 0.307. The van der Waals surface area contributed by atoms with Gasteiger partial charge in [-0.1, -0.05) is 11.6 Å². The second kappa shape index (κ2) is 13.5. The van der Waals surface area contributed by atoms with E-state index in [1.165, 1.54) is 6.07 Å². The molecule has 2 saturated heterocycles. The summed E-state index contributed by atoms with van der Waals surface area (Å²) in [7, 11) is 0. The SMILES string of the molecule is NC1c2ccc(C3CCN(C(=O)CN4CCOCC4)CC3)n2N=CN1c1ccc(NC(=O)Nc2cc(C(F)(F)F)ccc2F)c(Cl)c1. The molecule has 0 spiro atoms. The molecule has 2 aromatic carbocycles. The second-order valence-corrected chi connectivity index (χ2v) is 12.0. The van der Waals surface area contributed by atoms with Crippen LogP contribution in [-0.2, 0) is 15.7 Å². The summed E-state index contributed by atoms with van der Waals surface area (Å²) in [5.41, 5.74) is 7.39. The first-order valence-corrected chi connectivity index (χ1v) is 15.5. The van der Waals surface area contributed by atoms with Crippen molar-refractivity contribution >= 4 is 46.9 Å². The molecule has 1 unspecified atom stereocenters. The fourth-order valence-electron chi connectivity index (χ4n) is 5.99. The van der Waals surface area contributed by atoms with Crippen molar-refractivity contribution in [3.05, 3.63) is 76.3 Å². The number of aromatic nitrogens is 1. The third kappa shape index (κ3) is 7.22. The van der Waals surface area contributed by atoms with Crippen LogP contribution in [0.15, 0.2) is 53.6 Å². The molecule has 0 bridgehead atoms. The number of amides is 3. The lowest BCUT2D eigenvalue weighted by molar-refractivity contribution is -0.137. The minimum atomic E-state index is -4.70. The van der Waals surface area contributed by atoms with Crippen LogP contribution in [0.2, 0.25) is 5.02 Å². The highest BCUT2D eigenvalue weighted by Crippen LogP contribution is 2.36. The molecule has 4 N–H and O–H groups in total. The van der Waals surface area contributed by atoms with Crippen LogP contribution >= 0.6 is 11.6 Å². The maximum atomic E-state index is 14.1. The molecule has 1 atom stereocenters. The zero-order valence-electron chi connectivity index (χ0n) is 25.1. The summed E-state index contributed by atoms with van der Waals surface area (Å²) < 4.78 is 60.3. The number of carbonyl (C=O) groups is 2. The number of fused-ring (bicyclic) bond motifs is 1. The van der Waals surface area contributed by atoms with Crippen molar-refractivity contribution in [2.45, 2.75) is 31.1 Å². The van der Waals surface area contributed by atoms with Crippen LogP contribution in [0.1, 0.15) is 41.9 Å². The molecular formula is C31H33ClF4N8O3. The number of nitrogens with two attached hydrogens (primary N) is 1. The maximum Gasteiger partial charge on any atom is 0.416 e. The van der Waals surface area contributed by atoms with Gasteiger partial charge in [0.05, 0.1) is 47.4 Å². The lowest BCUT2D eigenvalue weighted by Crippen LogP contribution is -2.47. The van der Waals surface area contributed by atoms with Gasteiger partial charge in [-0.25, -0.2) is 13.9 Å². The van der Waals surface area contributed by atoms with Crippen molar-refractivity contribution in [2.75, 3.05) is 61.5 Å². The Morgan fingerprint density at radius 1 is 0.957 bits per heavy atom. The number of morpholine rings is 1. The lowest BCUT2D eigenvalue weighted by Gasteiger charge is -2.35. The van der Waals surface area contributed by atoms with Crippen LogP contribution in [0.25, 0.3) is 0 Å². The number of alkyl halides is 3. The number of rotatable bonds is 6. The van der Waals surface area contributed by atoms with Gasteiger partial charge in [0.2, 0.25) is 5.91 Å². The second-order valence-electron chi connectivity index (χ2n) is 11.6. The summed E-state index contributed by atoms with van der Waals surface area (Å²) in [4.78, 5) is 31.1. The first-order chi connectivity index (χ1) is 22.5. The Bertz CT molecular complexity index is 1670. The van der Waals surface area contributed by atoms with E-state index in [0.29, 0.717) is 56.7 Å². The number of piperidine rings is 1. The smallest absolute Gasteiger partial charge is 0.379 e. The Hall–Kier alpha value is -4.18. The van der Waals surface area contributed by atoms with E-state index in [1.807, 2.05) is 21.7 Å². The monoisotopic (exact) mass is 676 g/mol. The van der Waals surface area contributed by atoms with Crippen molar-refractivity contribution in [3.8, 4) is 0 Å². The number of benzene rings is 2. The molecule has 6 rings (SSSR count). The molecule has 2 fully saturated rings. The zero-order valence-corrected chi connectivity index (χ0v) is 25.9. The van der Waals surface area contributed by atoms with Crippen LogP contribution in [0.3, 0.4) is 0 Å². The Morgan fingerprint density at radius 2 is 1.66 bits per heavy atom. The molecule has 1 aromatic heterocycles. The van der Waals surface area contributed by atoms with Gasteiger partial charge >= 0.3 is 12.2 Å². The molecule has 250 valence electrons. The number of likely N-dealkylation sites (tertiary alicyclic amines) is 1. The highest BCUT2D eigenvalue weighted by atomic mass is 35.5. The van der Waals surface area contributed by atoms with E-state index in [-0.39, 0.29) is 22.5 Å². The predicted molar refractivity (Wildman–Crippen MR) is 169 cm³/mol. The van der Waals surface area contributed by atoms with Crippen LogP contribution in [0, 0.1) is 5.82 Å². The van der Waals surface area contributed by atoms with E-state index in [4.69, 9.17) is 22.1 Å². The Morgan fingerprint density at radius 3 is 2.36 bits per heavy atom. The van der Waals surface area contributed by atoms with Crippen LogP contribution < -0.4 is 21.3 Å². The molecule has 11 nitrogen and oxygen atoms in total. The Kier molecular flexibility index (Phi) is 9.41. The molecule has 47 heavy (non-hydrogen) atoms. The van der Waals surface area contributed by atoms with Crippen LogP contribution in [-0.4, -0.2) is 78.7 Å². The number of ether oxygens (including phenoxy) is 1.